The van der Waals surface area contributed by atoms with E-state index < -0.39 is 0 Å². The molecule has 3 rings (SSSR count). The number of aromatic nitrogens is 2. The van der Waals surface area contributed by atoms with E-state index in [9.17, 15) is 0 Å². The summed E-state index contributed by atoms with van der Waals surface area (Å²) < 4.78 is 11.5. The van der Waals surface area contributed by atoms with E-state index in [2.05, 4.69) is 32.4 Å². The molecule has 0 radical (unpaired) electrons. The van der Waals surface area contributed by atoms with Crippen LogP contribution in [0, 0.1) is 0 Å². The lowest BCUT2D eigenvalue weighted by molar-refractivity contribution is 0.0237. The Hall–Kier alpha value is -3.03. The second kappa shape index (κ2) is 11.1. The van der Waals surface area contributed by atoms with Crippen molar-refractivity contribution >= 4 is 23.8 Å². The maximum Gasteiger partial charge on any atom is 0.219 e. The van der Waals surface area contributed by atoms with Crippen LogP contribution in [0.2, 0.25) is 0 Å². The van der Waals surface area contributed by atoms with Crippen LogP contribution < -0.4 is 15.6 Å². The van der Waals surface area contributed by atoms with Gasteiger partial charge in [-0.2, -0.15) is 4.98 Å². The highest BCUT2D eigenvalue weighted by molar-refractivity contribution is 5.93. The van der Waals surface area contributed by atoms with Gasteiger partial charge in [0.15, 0.2) is 11.6 Å². The minimum atomic E-state index is 0.0835. The Balaban J connectivity index is 1.86. The van der Waals surface area contributed by atoms with Crippen LogP contribution in [-0.4, -0.2) is 41.7 Å². The third-order valence-electron chi connectivity index (χ3n) is 4.21. The van der Waals surface area contributed by atoms with Crippen LogP contribution in [-0.2, 0) is 4.74 Å². The topological polar surface area (TPSA) is 80.7 Å². The third-order valence-corrected chi connectivity index (χ3v) is 4.21. The van der Waals surface area contributed by atoms with E-state index in [1.165, 1.54) is 0 Å². The largest absolute Gasteiger partial charge is 0.474 e. The molecule has 1 fully saturated rings. The minimum Gasteiger partial charge on any atom is -0.474 e. The summed E-state index contributed by atoms with van der Waals surface area (Å²) >= 11 is 0. The first-order valence-electron chi connectivity index (χ1n) is 9.83. The van der Waals surface area contributed by atoms with Crippen molar-refractivity contribution in [1.82, 2.24) is 20.8 Å². The molecule has 1 aliphatic rings. The van der Waals surface area contributed by atoms with Crippen molar-refractivity contribution in [3.8, 4) is 5.88 Å². The molecule has 0 atom stereocenters. The number of hydrazine groups is 1. The van der Waals surface area contributed by atoms with E-state index in [1.54, 1.807) is 12.1 Å². The highest BCUT2D eigenvalue weighted by Crippen LogP contribution is 2.21. The summed E-state index contributed by atoms with van der Waals surface area (Å²) in [6.45, 7) is 7.94. The molecule has 2 aromatic rings. The SMILES string of the molecule is C=C/C(=N\c1cc(OC2CCOCC2)nc(/C=C/c2ccccc2)n1)NNCC. The molecule has 0 bridgehead atoms. The van der Waals surface area contributed by atoms with E-state index in [4.69, 9.17) is 9.47 Å². The van der Waals surface area contributed by atoms with Gasteiger partial charge in [0, 0.05) is 25.5 Å². The third kappa shape index (κ3) is 6.81. The van der Waals surface area contributed by atoms with Gasteiger partial charge in [-0.1, -0.05) is 49.9 Å². The van der Waals surface area contributed by atoms with Gasteiger partial charge in [-0.05, 0) is 17.7 Å². The lowest BCUT2D eigenvalue weighted by atomic mass is 10.1. The molecule has 0 spiro atoms. The normalized spacial score (nSPS) is 15.4. The minimum absolute atomic E-state index is 0.0835. The summed E-state index contributed by atoms with van der Waals surface area (Å²) in [5, 5.41) is 0. The zero-order valence-electron chi connectivity index (χ0n) is 16.7. The highest BCUT2D eigenvalue weighted by atomic mass is 16.5. The maximum absolute atomic E-state index is 6.09. The molecule has 0 unspecified atom stereocenters. The molecule has 7 heteroatoms. The van der Waals surface area contributed by atoms with Crippen molar-refractivity contribution < 1.29 is 9.47 Å². The van der Waals surface area contributed by atoms with Crippen molar-refractivity contribution in [1.29, 1.82) is 0 Å². The average molecular weight is 393 g/mol. The van der Waals surface area contributed by atoms with Gasteiger partial charge in [0.25, 0.3) is 0 Å². The van der Waals surface area contributed by atoms with E-state index in [-0.39, 0.29) is 6.10 Å². The van der Waals surface area contributed by atoms with Gasteiger partial charge in [0.1, 0.15) is 11.9 Å². The summed E-state index contributed by atoms with van der Waals surface area (Å²) in [6, 6.07) is 11.7. The molecule has 0 amide bonds. The molecule has 1 aromatic carbocycles. The number of nitrogens with zero attached hydrogens (tertiary/aromatic N) is 3. The molecule has 0 aliphatic carbocycles. The number of amidine groups is 1. The first kappa shape index (κ1) is 20.7. The van der Waals surface area contributed by atoms with Gasteiger partial charge in [-0.15, -0.1) is 0 Å². The van der Waals surface area contributed by atoms with Crippen LogP contribution in [0.25, 0.3) is 12.2 Å². The van der Waals surface area contributed by atoms with Crippen molar-refractivity contribution in [3.05, 3.63) is 60.4 Å². The van der Waals surface area contributed by atoms with Crippen molar-refractivity contribution in [2.45, 2.75) is 25.9 Å². The number of benzene rings is 1. The average Bonchev–Trinajstić information content (AvgIpc) is 2.76. The van der Waals surface area contributed by atoms with Crippen molar-refractivity contribution in [2.75, 3.05) is 19.8 Å². The van der Waals surface area contributed by atoms with Crippen molar-refractivity contribution in [3.63, 3.8) is 0 Å². The Morgan fingerprint density at radius 2 is 2.03 bits per heavy atom. The molecule has 2 N–H and O–H groups in total. The zero-order chi connectivity index (χ0) is 20.3. The molecule has 0 saturated carbocycles. The molecular formula is C22H27N5O2. The van der Waals surface area contributed by atoms with E-state index in [0.29, 0.717) is 36.6 Å². The summed E-state index contributed by atoms with van der Waals surface area (Å²) in [5.74, 6) is 2.10. The van der Waals surface area contributed by atoms with Gasteiger partial charge in [0.05, 0.1) is 13.2 Å². The summed E-state index contributed by atoms with van der Waals surface area (Å²) in [5.41, 5.74) is 7.07. The molecule has 2 heterocycles. The Labute approximate surface area is 171 Å². The first-order valence-corrected chi connectivity index (χ1v) is 9.83. The number of hydrogen-bond donors (Lipinski definition) is 2. The van der Waals surface area contributed by atoms with Gasteiger partial charge < -0.3 is 14.9 Å². The fourth-order valence-corrected chi connectivity index (χ4v) is 2.75. The zero-order valence-corrected chi connectivity index (χ0v) is 16.7. The number of rotatable bonds is 8. The maximum atomic E-state index is 6.09. The Morgan fingerprint density at radius 3 is 2.76 bits per heavy atom. The monoisotopic (exact) mass is 393 g/mol. The van der Waals surface area contributed by atoms with Gasteiger partial charge in [0.2, 0.25) is 5.88 Å². The van der Waals surface area contributed by atoms with Crippen molar-refractivity contribution in [2.24, 2.45) is 4.99 Å². The standard InChI is InChI=1S/C22H27N5O2/c1-3-19(27-23-4-2)24-21-16-22(29-18-12-14-28-15-13-18)26-20(25-21)11-10-17-8-6-5-7-9-17/h3,5-11,16,18,23H,1,4,12-15H2,2H3,(H,24,25,26,27)/b11-10+. The molecule has 7 nitrogen and oxygen atoms in total. The van der Waals surface area contributed by atoms with Gasteiger partial charge in [-0.25, -0.2) is 15.4 Å². The predicted octanol–water partition coefficient (Wildman–Crippen LogP) is 3.53. The second-order valence-corrected chi connectivity index (χ2v) is 6.45. The highest BCUT2D eigenvalue weighted by Gasteiger charge is 2.16. The number of aliphatic imine (C=N–C) groups is 1. The first-order chi connectivity index (χ1) is 14.3. The van der Waals surface area contributed by atoms with E-state index in [0.717, 1.165) is 24.9 Å². The second-order valence-electron chi connectivity index (χ2n) is 6.45. The summed E-state index contributed by atoms with van der Waals surface area (Å²) in [6.07, 6.45) is 7.22. The van der Waals surface area contributed by atoms with Crippen LogP contribution in [0.1, 0.15) is 31.2 Å². The smallest absolute Gasteiger partial charge is 0.219 e. The van der Waals surface area contributed by atoms with Gasteiger partial charge >= 0.3 is 0 Å². The lowest BCUT2D eigenvalue weighted by Crippen LogP contribution is -2.35. The van der Waals surface area contributed by atoms with Crippen LogP contribution in [0.3, 0.4) is 0 Å². The Kier molecular flexibility index (Phi) is 7.91. The Morgan fingerprint density at radius 1 is 1.24 bits per heavy atom. The predicted molar refractivity (Wildman–Crippen MR) is 116 cm³/mol. The number of ether oxygens (including phenoxy) is 2. The number of hydrogen-bond acceptors (Lipinski definition) is 6. The molecule has 29 heavy (non-hydrogen) atoms. The summed E-state index contributed by atoms with van der Waals surface area (Å²) in [7, 11) is 0. The molecule has 152 valence electrons. The van der Waals surface area contributed by atoms with E-state index >= 15 is 0 Å². The fraction of sp³-hybridized carbons (Fsp3) is 0.318. The van der Waals surface area contributed by atoms with Crippen LogP contribution in [0.4, 0.5) is 5.82 Å². The Bertz CT molecular complexity index is 846. The molecule has 1 saturated heterocycles. The quantitative estimate of drug-likeness (QED) is 0.406. The van der Waals surface area contributed by atoms with Gasteiger partial charge in [-0.3, -0.25) is 0 Å². The summed E-state index contributed by atoms with van der Waals surface area (Å²) in [4.78, 5) is 13.6. The molecule has 1 aliphatic heterocycles. The van der Waals surface area contributed by atoms with Crippen LogP contribution >= 0.6 is 0 Å². The van der Waals surface area contributed by atoms with Crippen LogP contribution in [0.5, 0.6) is 5.88 Å². The molecule has 1 aromatic heterocycles. The number of nitrogens with one attached hydrogen (secondary N) is 2. The fourth-order valence-electron chi connectivity index (χ4n) is 2.75. The molecular weight excluding hydrogens is 366 g/mol. The van der Waals surface area contributed by atoms with Crippen LogP contribution in [0.15, 0.2) is 54.0 Å². The van der Waals surface area contributed by atoms with E-state index in [1.807, 2.05) is 49.4 Å². The lowest BCUT2D eigenvalue weighted by Gasteiger charge is -2.22.